The van der Waals surface area contributed by atoms with Gasteiger partial charge in [0.05, 0.1) is 43.0 Å². The number of benzene rings is 1. The van der Waals surface area contributed by atoms with Crippen molar-refractivity contribution in [1.29, 1.82) is 0 Å². The maximum absolute atomic E-state index is 12.7. The van der Waals surface area contributed by atoms with Crippen molar-refractivity contribution in [3.63, 3.8) is 0 Å². The summed E-state index contributed by atoms with van der Waals surface area (Å²) in [5, 5.41) is 16.7. The summed E-state index contributed by atoms with van der Waals surface area (Å²) in [5.41, 5.74) is 1.67. The molecule has 1 aliphatic heterocycles. The molecule has 2 heterocycles. The molecule has 9 heteroatoms. The Morgan fingerprint density at radius 3 is 2.55 bits per heavy atom. The molecule has 1 saturated heterocycles. The number of nitrogens with zero attached hydrogens (tertiary/aromatic N) is 2. The number of carbonyl (C=O) groups is 1. The van der Waals surface area contributed by atoms with Gasteiger partial charge in [0.1, 0.15) is 5.75 Å². The van der Waals surface area contributed by atoms with Crippen LogP contribution in [0.1, 0.15) is 36.8 Å². The summed E-state index contributed by atoms with van der Waals surface area (Å²) in [5.74, 6) is 0.480. The second kappa shape index (κ2) is 8.54. The van der Waals surface area contributed by atoms with Gasteiger partial charge in [-0.3, -0.25) is 9.48 Å². The third kappa shape index (κ3) is 4.79. The number of sulfone groups is 1. The standard InChI is InChI=1S/C20H27N3O5S/c1-13(2)18(11-24)21-20(25)17-10-19(14-4-6-16(28-3)7-5-14)23(22-17)15-8-9-29(26,27)12-15/h4-7,10,13,15,18,24H,8-9,11-12H2,1-3H3,(H,21,25)/t15-,18+/m0/s1. The molecule has 8 nitrogen and oxygen atoms in total. The predicted octanol–water partition coefficient (Wildman–Crippen LogP) is 1.66. The smallest absolute Gasteiger partial charge is 0.272 e. The normalized spacial score (nSPS) is 19.3. The Hall–Kier alpha value is -2.39. The maximum Gasteiger partial charge on any atom is 0.272 e. The van der Waals surface area contributed by atoms with Crippen molar-refractivity contribution in [2.45, 2.75) is 32.4 Å². The van der Waals surface area contributed by atoms with Crippen molar-refractivity contribution in [3.8, 4) is 17.0 Å². The Bertz CT molecular complexity index is 967. The number of aliphatic hydroxyl groups is 1. The molecule has 1 fully saturated rings. The quantitative estimate of drug-likeness (QED) is 0.704. The van der Waals surface area contributed by atoms with E-state index < -0.39 is 15.7 Å². The maximum atomic E-state index is 12.7. The third-order valence-corrected chi connectivity index (χ3v) is 6.98. The zero-order valence-corrected chi connectivity index (χ0v) is 17.6. The summed E-state index contributed by atoms with van der Waals surface area (Å²) in [6, 6.07) is 8.26. The molecule has 2 N–H and O–H groups in total. The number of hydrogen-bond donors (Lipinski definition) is 2. The van der Waals surface area contributed by atoms with Crippen LogP contribution in [-0.4, -0.2) is 60.5 Å². The SMILES string of the molecule is COc1ccc(-c2cc(C(=O)N[C@H](CO)C(C)C)nn2[C@H]2CCS(=O)(=O)C2)cc1. The first-order valence-corrected chi connectivity index (χ1v) is 11.4. The second-order valence-corrected chi connectivity index (χ2v) is 9.88. The molecule has 29 heavy (non-hydrogen) atoms. The molecule has 3 rings (SSSR count). The number of rotatable bonds is 7. The minimum Gasteiger partial charge on any atom is -0.497 e. The van der Waals surface area contributed by atoms with Crippen LogP contribution in [0.5, 0.6) is 5.75 Å². The fourth-order valence-corrected chi connectivity index (χ4v) is 5.09. The van der Waals surface area contributed by atoms with E-state index in [2.05, 4.69) is 10.4 Å². The van der Waals surface area contributed by atoms with Crippen LogP contribution in [0, 0.1) is 5.92 Å². The van der Waals surface area contributed by atoms with Crippen molar-refractivity contribution < 1.29 is 23.1 Å². The van der Waals surface area contributed by atoms with E-state index in [1.54, 1.807) is 30.0 Å². The lowest BCUT2D eigenvalue weighted by Crippen LogP contribution is -2.41. The van der Waals surface area contributed by atoms with Gasteiger partial charge in [0.25, 0.3) is 5.91 Å². The number of carbonyl (C=O) groups excluding carboxylic acids is 1. The molecule has 0 saturated carbocycles. The van der Waals surface area contributed by atoms with E-state index in [-0.39, 0.29) is 41.8 Å². The van der Waals surface area contributed by atoms with Crippen LogP contribution in [0.4, 0.5) is 0 Å². The minimum atomic E-state index is -3.11. The Balaban J connectivity index is 1.97. The lowest BCUT2D eigenvalue weighted by atomic mass is 10.1. The van der Waals surface area contributed by atoms with E-state index in [4.69, 9.17) is 4.74 Å². The summed E-state index contributed by atoms with van der Waals surface area (Å²) in [4.78, 5) is 12.7. The fraction of sp³-hybridized carbons (Fsp3) is 0.500. The van der Waals surface area contributed by atoms with Crippen molar-refractivity contribution in [3.05, 3.63) is 36.0 Å². The first-order valence-electron chi connectivity index (χ1n) is 9.60. The van der Waals surface area contributed by atoms with Gasteiger partial charge in [-0.05, 0) is 42.7 Å². The van der Waals surface area contributed by atoms with Gasteiger partial charge in [-0.15, -0.1) is 0 Å². The number of hydrogen-bond acceptors (Lipinski definition) is 6. The Labute approximate surface area is 170 Å². The van der Waals surface area contributed by atoms with Crippen LogP contribution in [0.2, 0.25) is 0 Å². The van der Waals surface area contributed by atoms with E-state index in [1.807, 2.05) is 26.0 Å². The Morgan fingerprint density at radius 2 is 2.03 bits per heavy atom. The lowest BCUT2D eigenvalue weighted by molar-refractivity contribution is 0.0890. The zero-order valence-electron chi connectivity index (χ0n) is 16.8. The number of methoxy groups -OCH3 is 1. The van der Waals surface area contributed by atoms with Crippen molar-refractivity contribution in [1.82, 2.24) is 15.1 Å². The summed E-state index contributed by atoms with van der Waals surface area (Å²) in [6.45, 7) is 3.65. The molecule has 0 unspecified atom stereocenters. The number of amides is 1. The third-order valence-electron chi connectivity index (χ3n) is 5.23. The largest absolute Gasteiger partial charge is 0.497 e. The molecule has 0 aliphatic carbocycles. The lowest BCUT2D eigenvalue weighted by Gasteiger charge is -2.19. The number of ether oxygens (including phenoxy) is 1. The van der Waals surface area contributed by atoms with E-state index in [0.717, 1.165) is 5.56 Å². The van der Waals surface area contributed by atoms with Crippen LogP contribution in [0.15, 0.2) is 30.3 Å². The fourth-order valence-electron chi connectivity index (χ4n) is 3.39. The van der Waals surface area contributed by atoms with Crippen LogP contribution < -0.4 is 10.1 Å². The molecular weight excluding hydrogens is 394 g/mol. The molecule has 0 bridgehead atoms. The molecule has 0 spiro atoms. The van der Waals surface area contributed by atoms with Gasteiger partial charge < -0.3 is 15.2 Å². The first-order chi connectivity index (χ1) is 13.7. The van der Waals surface area contributed by atoms with Crippen LogP contribution in [0.3, 0.4) is 0 Å². The van der Waals surface area contributed by atoms with Crippen molar-refractivity contribution in [2.75, 3.05) is 25.2 Å². The summed E-state index contributed by atoms with van der Waals surface area (Å²) < 4.78 is 30.8. The molecule has 2 atom stereocenters. The number of aliphatic hydroxyl groups excluding tert-OH is 1. The predicted molar refractivity (Wildman–Crippen MR) is 110 cm³/mol. The van der Waals surface area contributed by atoms with Gasteiger partial charge in [0.2, 0.25) is 0 Å². The average molecular weight is 422 g/mol. The Kier molecular flexibility index (Phi) is 6.28. The summed E-state index contributed by atoms with van der Waals surface area (Å²) in [6.07, 6.45) is 0.458. The van der Waals surface area contributed by atoms with Gasteiger partial charge in [-0.25, -0.2) is 8.42 Å². The minimum absolute atomic E-state index is 0.00412. The van der Waals surface area contributed by atoms with Gasteiger partial charge in [0.15, 0.2) is 15.5 Å². The van der Waals surface area contributed by atoms with Gasteiger partial charge in [-0.1, -0.05) is 13.8 Å². The highest BCUT2D eigenvalue weighted by molar-refractivity contribution is 7.91. The Morgan fingerprint density at radius 1 is 1.34 bits per heavy atom. The van der Waals surface area contributed by atoms with E-state index >= 15 is 0 Å². The molecular formula is C20H27N3O5S. The van der Waals surface area contributed by atoms with E-state index in [1.165, 1.54) is 0 Å². The van der Waals surface area contributed by atoms with Crippen LogP contribution >= 0.6 is 0 Å². The van der Waals surface area contributed by atoms with Crippen LogP contribution in [-0.2, 0) is 9.84 Å². The molecule has 1 aromatic carbocycles. The monoisotopic (exact) mass is 421 g/mol. The molecule has 0 radical (unpaired) electrons. The molecule has 2 aromatic rings. The highest BCUT2D eigenvalue weighted by Gasteiger charge is 2.32. The van der Waals surface area contributed by atoms with Gasteiger partial charge in [-0.2, -0.15) is 5.10 Å². The topological polar surface area (TPSA) is 111 Å². The molecule has 1 aromatic heterocycles. The van der Waals surface area contributed by atoms with E-state index in [0.29, 0.717) is 17.9 Å². The zero-order chi connectivity index (χ0) is 21.2. The van der Waals surface area contributed by atoms with Gasteiger partial charge in [0, 0.05) is 5.56 Å². The van der Waals surface area contributed by atoms with Gasteiger partial charge >= 0.3 is 0 Å². The average Bonchev–Trinajstić information content (AvgIpc) is 3.29. The summed E-state index contributed by atoms with van der Waals surface area (Å²) >= 11 is 0. The molecule has 1 aliphatic rings. The molecule has 158 valence electrons. The second-order valence-electron chi connectivity index (χ2n) is 7.65. The first kappa shape index (κ1) is 21.3. The number of nitrogens with one attached hydrogen (secondary N) is 1. The van der Waals surface area contributed by atoms with Crippen LogP contribution in [0.25, 0.3) is 11.3 Å². The molecule has 1 amide bonds. The van der Waals surface area contributed by atoms with Crippen molar-refractivity contribution >= 4 is 15.7 Å². The van der Waals surface area contributed by atoms with E-state index in [9.17, 15) is 18.3 Å². The highest BCUT2D eigenvalue weighted by Crippen LogP contribution is 2.31. The number of aromatic nitrogens is 2. The summed E-state index contributed by atoms with van der Waals surface area (Å²) in [7, 11) is -1.53. The van der Waals surface area contributed by atoms with Crippen molar-refractivity contribution in [2.24, 2.45) is 5.92 Å². The highest BCUT2D eigenvalue weighted by atomic mass is 32.2.